The minimum atomic E-state index is 0.140. The number of rotatable bonds is 5. The maximum absolute atomic E-state index is 12.1. The molecule has 0 bridgehead atoms. The van der Waals surface area contributed by atoms with Crippen LogP contribution in [0.5, 0.6) is 0 Å². The minimum Gasteiger partial charge on any atom is -0.357 e. The molecule has 23 heavy (non-hydrogen) atoms. The maximum atomic E-state index is 12.1. The van der Waals surface area contributed by atoms with Crippen molar-refractivity contribution in [2.75, 3.05) is 18.0 Å². The molecule has 0 radical (unpaired) electrons. The summed E-state index contributed by atoms with van der Waals surface area (Å²) in [5, 5.41) is 3.00. The fourth-order valence-corrected chi connectivity index (χ4v) is 3.70. The van der Waals surface area contributed by atoms with Gasteiger partial charge in [0.2, 0.25) is 5.91 Å². The van der Waals surface area contributed by atoms with Gasteiger partial charge in [-0.15, -0.1) is 0 Å². The summed E-state index contributed by atoms with van der Waals surface area (Å²) in [6.45, 7) is 4.58. The lowest BCUT2D eigenvalue weighted by molar-refractivity contribution is -0.122. The predicted octanol–water partition coefficient (Wildman–Crippen LogP) is 2.97. The highest BCUT2D eigenvalue weighted by Gasteiger charge is 2.19. The van der Waals surface area contributed by atoms with E-state index in [4.69, 9.17) is 0 Å². The van der Waals surface area contributed by atoms with Crippen molar-refractivity contribution in [1.29, 1.82) is 0 Å². The molecule has 2 fully saturated rings. The molecule has 5 heteroatoms. The zero-order chi connectivity index (χ0) is 16.1. The summed E-state index contributed by atoms with van der Waals surface area (Å²) in [7, 11) is 0. The van der Waals surface area contributed by atoms with Crippen LogP contribution in [0.2, 0.25) is 0 Å². The number of nitrogens with zero attached hydrogens (tertiary/aromatic N) is 3. The quantitative estimate of drug-likeness (QED) is 0.907. The van der Waals surface area contributed by atoms with Gasteiger partial charge < -0.3 is 10.2 Å². The molecule has 1 saturated carbocycles. The van der Waals surface area contributed by atoms with Gasteiger partial charge in [-0.25, -0.2) is 9.97 Å². The fraction of sp³-hybridized carbons (Fsp3) is 0.722. The molecule has 0 spiro atoms. The molecule has 1 N–H and O–H groups in total. The highest BCUT2D eigenvalue weighted by molar-refractivity contribution is 5.76. The van der Waals surface area contributed by atoms with E-state index in [1.807, 2.05) is 6.92 Å². The van der Waals surface area contributed by atoms with Gasteiger partial charge in [-0.2, -0.15) is 0 Å². The van der Waals surface area contributed by atoms with Gasteiger partial charge in [0.15, 0.2) is 0 Å². The normalized spacial score (nSPS) is 19.1. The van der Waals surface area contributed by atoms with Crippen LogP contribution in [0.15, 0.2) is 6.07 Å². The zero-order valence-corrected chi connectivity index (χ0v) is 14.2. The minimum absolute atomic E-state index is 0.140. The largest absolute Gasteiger partial charge is 0.357 e. The Kier molecular flexibility index (Phi) is 5.47. The average molecular weight is 316 g/mol. The molecule has 1 aromatic heterocycles. The van der Waals surface area contributed by atoms with E-state index in [0.29, 0.717) is 18.9 Å². The van der Waals surface area contributed by atoms with Gasteiger partial charge >= 0.3 is 0 Å². The number of aromatic nitrogens is 2. The van der Waals surface area contributed by atoms with E-state index >= 15 is 0 Å². The number of hydrogen-bond acceptors (Lipinski definition) is 4. The van der Waals surface area contributed by atoms with Gasteiger partial charge in [-0.1, -0.05) is 12.8 Å². The second kappa shape index (κ2) is 7.75. The third-order valence-electron chi connectivity index (χ3n) is 4.96. The zero-order valence-electron chi connectivity index (χ0n) is 14.2. The first kappa shape index (κ1) is 16.2. The van der Waals surface area contributed by atoms with Crippen molar-refractivity contribution < 1.29 is 4.79 Å². The Bertz CT molecular complexity index is 534. The van der Waals surface area contributed by atoms with Crippen LogP contribution in [-0.4, -0.2) is 29.0 Å². The molecule has 2 heterocycles. The summed E-state index contributed by atoms with van der Waals surface area (Å²) in [6, 6.07) is 2.05. The molecule has 2 aliphatic rings. The number of amides is 1. The smallest absolute Gasteiger partial charge is 0.220 e. The maximum Gasteiger partial charge on any atom is 0.220 e. The number of piperidine rings is 1. The molecular formula is C18H28N4O. The van der Waals surface area contributed by atoms with Crippen molar-refractivity contribution in [2.24, 2.45) is 5.92 Å². The first-order chi connectivity index (χ1) is 11.2. The molecule has 1 saturated heterocycles. The van der Waals surface area contributed by atoms with Gasteiger partial charge in [0.1, 0.15) is 11.6 Å². The summed E-state index contributed by atoms with van der Waals surface area (Å²) in [6.07, 6.45) is 9.39. The highest BCUT2D eigenvalue weighted by Crippen LogP contribution is 2.27. The summed E-state index contributed by atoms with van der Waals surface area (Å²) >= 11 is 0. The Hall–Kier alpha value is -1.65. The highest BCUT2D eigenvalue weighted by atomic mass is 16.1. The first-order valence-electron chi connectivity index (χ1n) is 9.07. The standard InChI is InChI=1S/C18H28N4O/c1-14-11-17(22-9-5-2-6-10-22)21-16(20-14)13-19-18(23)12-15-7-3-4-8-15/h11,15H,2-10,12-13H2,1H3,(H,19,23). The molecule has 0 atom stereocenters. The summed E-state index contributed by atoms with van der Waals surface area (Å²) in [5.41, 5.74) is 0.973. The first-order valence-corrected chi connectivity index (χ1v) is 9.07. The molecule has 1 amide bonds. The lowest BCUT2D eigenvalue weighted by atomic mass is 10.0. The Labute approximate surface area is 138 Å². The van der Waals surface area contributed by atoms with Crippen LogP contribution >= 0.6 is 0 Å². The van der Waals surface area contributed by atoms with E-state index in [2.05, 4.69) is 26.3 Å². The Morgan fingerprint density at radius 2 is 1.91 bits per heavy atom. The molecule has 0 aromatic carbocycles. The van der Waals surface area contributed by atoms with Crippen LogP contribution in [0.25, 0.3) is 0 Å². The Balaban J connectivity index is 1.56. The number of anilines is 1. The number of aryl methyl sites for hydroxylation is 1. The van der Waals surface area contributed by atoms with Crippen LogP contribution in [0, 0.1) is 12.8 Å². The van der Waals surface area contributed by atoms with Crippen molar-refractivity contribution in [1.82, 2.24) is 15.3 Å². The lowest BCUT2D eigenvalue weighted by Gasteiger charge is -2.28. The third-order valence-corrected chi connectivity index (χ3v) is 4.96. The van der Waals surface area contributed by atoms with Crippen LogP contribution in [0.4, 0.5) is 5.82 Å². The molecular weight excluding hydrogens is 288 g/mol. The van der Waals surface area contributed by atoms with Crippen molar-refractivity contribution in [3.05, 3.63) is 17.6 Å². The second-order valence-electron chi connectivity index (χ2n) is 6.96. The van der Waals surface area contributed by atoms with E-state index in [9.17, 15) is 4.79 Å². The van der Waals surface area contributed by atoms with Crippen LogP contribution in [0.3, 0.4) is 0 Å². The molecule has 0 unspecified atom stereocenters. The number of carbonyl (C=O) groups excluding carboxylic acids is 1. The van der Waals surface area contributed by atoms with E-state index in [-0.39, 0.29) is 5.91 Å². The van der Waals surface area contributed by atoms with Crippen LogP contribution < -0.4 is 10.2 Å². The number of carbonyl (C=O) groups is 1. The predicted molar refractivity (Wildman–Crippen MR) is 91.3 cm³/mol. The van der Waals surface area contributed by atoms with Gasteiger partial charge in [0.05, 0.1) is 6.54 Å². The van der Waals surface area contributed by atoms with Gasteiger partial charge in [0, 0.05) is 31.3 Å². The number of hydrogen-bond donors (Lipinski definition) is 1. The van der Waals surface area contributed by atoms with E-state index in [0.717, 1.165) is 30.4 Å². The van der Waals surface area contributed by atoms with Crippen molar-refractivity contribution in [3.8, 4) is 0 Å². The van der Waals surface area contributed by atoms with Crippen LogP contribution in [-0.2, 0) is 11.3 Å². The Morgan fingerprint density at radius 1 is 1.17 bits per heavy atom. The Morgan fingerprint density at radius 3 is 2.65 bits per heavy atom. The molecule has 1 aliphatic carbocycles. The van der Waals surface area contributed by atoms with Crippen LogP contribution in [0.1, 0.15) is 62.9 Å². The monoisotopic (exact) mass is 316 g/mol. The lowest BCUT2D eigenvalue weighted by Crippen LogP contribution is -2.31. The SMILES string of the molecule is Cc1cc(N2CCCCC2)nc(CNC(=O)CC2CCCC2)n1. The molecule has 1 aliphatic heterocycles. The van der Waals surface area contributed by atoms with Gasteiger partial charge in [-0.05, 0) is 44.9 Å². The molecule has 126 valence electrons. The number of nitrogens with one attached hydrogen (secondary N) is 1. The summed E-state index contributed by atoms with van der Waals surface area (Å²) in [5.74, 6) is 2.46. The van der Waals surface area contributed by atoms with E-state index < -0.39 is 0 Å². The van der Waals surface area contributed by atoms with Crippen molar-refractivity contribution in [3.63, 3.8) is 0 Å². The van der Waals surface area contributed by atoms with E-state index in [1.54, 1.807) is 0 Å². The van der Waals surface area contributed by atoms with E-state index in [1.165, 1.54) is 44.9 Å². The van der Waals surface area contributed by atoms with Crippen molar-refractivity contribution in [2.45, 2.75) is 64.8 Å². The average Bonchev–Trinajstić information content (AvgIpc) is 3.06. The molecule has 1 aromatic rings. The molecule has 3 rings (SSSR count). The van der Waals surface area contributed by atoms with Crippen molar-refractivity contribution >= 4 is 11.7 Å². The molecule has 5 nitrogen and oxygen atoms in total. The second-order valence-corrected chi connectivity index (χ2v) is 6.96. The van der Waals surface area contributed by atoms with Gasteiger partial charge in [-0.3, -0.25) is 4.79 Å². The topological polar surface area (TPSA) is 58.1 Å². The summed E-state index contributed by atoms with van der Waals surface area (Å²) in [4.78, 5) is 23.5. The summed E-state index contributed by atoms with van der Waals surface area (Å²) < 4.78 is 0. The fourth-order valence-electron chi connectivity index (χ4n) is 3.70. The van der Waals surface area contributed by atoms with Gasteiger partial charge in [0.25, 0.3) is 0 Å². The third kappa shape index (κ3) is 4.66.